The Hall–Kier alpha value is -3.88. The van der Waals surface area contributed by atoms with Gasteiger partial charge in [-0.15, -0.1) is 0 Å². The van der Waals surface area contributed by atoms with Crippen LogP contribution in [0.15, 0.2) is 24.4 Å². The van der Waals surface area contributed by atoms with Crippen LogP contribution in [-0.2, 0) is 16.1 Å². The molecule has 3 aromatic rings. The maximum absolute atomic E-state index is 14.9. The number of aromatic nitrogens is 3. The number of hydrogen-bond donors (Lipinski definition) is 1. The highest BCUT2D eigenvalue weighted by atomic mass is 19.4. The Morgan fingerprint density at radius 2 is 1.84 bits per heavy atom. The van der Waals surface area contributed by atoms with Crippen molar-refractivity contribution in [3.05, 3.63) is 53.1 Å². The Morgan fingerprint density at radius 3 is 2.55 bits per heavy atom. The first-order valence-electron chi connectivity index (χ1n) is 11.4. The molecule has 0 aliphatic carbocycles. The molecule has 0 unspecified atom stereocenters. The number of nitrogens with zero attached hydrogens (tertiary/aromatic N) is 5. The topological polar surface area (TPSA) is 107 Å². The molecule has 0 bridgehead atoms. The Morgan fingerprint density at radius 1 is 1.11 bits per heavy atom. The number of hydrogen-bond acceptors (Lipinski definition) is 6. The molecular weight excluding hydrogens is 522 g/mol. The van der Waals surface area contributed by atoms with E-state index in [-0.39, 0.29) is 48.4 Å². The van der Waals surface area contributed by atoms with Crippen LogP contribution in [0, 0.1) is 17.5 Å². The molecule has 5 rings (SSSR count). The number of alkyl halides is 3. The fourth-order valence-corrected chi connectivity index (χ4v) is 4.57. The second kappa shape index (κ2) is 9.45. The molecule has 4 heterocycles. The van der Waals surface area contributed by atoms with Crippen molar-refractivity contribution < 1.29 is 40.7 Å². The Labute approximate surface area is 210 Å². The van der Waals surface area contributed by atoms with Gasteiger partial charge in [0, 0.05) is 43.9 Å². The van der Waals surface area contributed by atoms with Gasteiger partial charge in [-0.25, -0.2) is 18.2 Å². The van der Waals surface area contributed by atoms with Gasteiger partial charge < -0.3 is 20.3 Å². The number of ether oxygens (including phenoxy) is 1. The molecule has 2 N–H and O–H groups in total. The SMILES string of the molecule is Nc1nccc(C(=O)N2CC(c3nn(CC(=O)N4CCO[C@@H](C(F)(F)F)C4)c4cc(F)cc(F)c34)C2)c1F. The smallest absolute Gasteiger partial charge is 0.381 e. The lowest BCUT2D eigenvalue weighted by molar-refractivity contribution is -0.236. The summed E-state index contributed by atoms with van der Waals surface area (Å²) in [5, 5.41) is 4.20. The minimum Gasteiger partial charge on any atom is -0.381 e. The fourth-order valence-electron chi connectivity index (χ4n) is 4.57. The zero-order valence-corrected chi connectivity index (χ0v) is 19.5. The van der Waals surface area contributed by atoms with Crippen molar-refractivity contribution in [1.29, 1.82) is 0 Å². The van der Waals surface area contributed by atoms with Crippen molar-refractivity contribution in [3.63, 3.8) is 0 Å². The van der Waals surface area contributed by atoms with E-state index in [1.54, 1.807) is 0 Å². The molecule has 2 fully saturated rings. The van der Waals surface area contributed by atoms with Gasteiger partial charge in [0.1, 0.15) is 18.2 Å². The predicted octanol–water partition coefficient (Wildman–Crippen LogP) is 2.46. The number of amides is 2. The fraction of sp³-hybridized carbons (Fsp3) is 0.391. The van der Waals surface area contributed by atoms with Gasteiger partial charge >= 0.3 is 6.18 Å². The van der Waals surface area contributed by atoms with Crippen LogP contribution < -0.4 is 5.73 Å². The van der Waals surface area contributed by atoms with E-state index in [2.05, 4.69) is 10.1 Å². The van der Waals surface area contributed by atoms with Crippen molar-refractivity contribution >= 4 is 28.5 Å². The number of nitrogen functional groups attached to an aromatic ring is 1. The molecule has 9 nitrogen and oxygen atoms in total. The number of carbonyl (C=O) groups excluding carboxylic acids is 2. The van der Waals surface area contributed by atoms with E-state index in [1.807, 2.05) is 0 Å². The Balaban J connectivity index is 1.38. The maximum atomic E-state index is 14.9. The molecule has 202 valence electrons. The average Bonchev–Trinajstić information content (AvgIpc) is 3.17. The highest BCUT2D eigenvalue weighted by Gasteiger charge is 2.44. The van der Waals surface area contributed by atoms with Gasteiger partial charge in [0.05, 0.1) is 35.3 Å². The first-order chi connectivity index (χ1) is 17.9. The van der Waals surface area contributed by atoms with E-state index in [0.29, 0.717) is 6.07 Å². The van der Waals surface area contributed by atoms with E-state index >= 15 is 0 Å². The summed E-state index contributed by atoms with van der Waals surface area (Å²) >= 11 is 0. The molecule has 2 saturated heterocycles. The highest BCUT2D eigenvalue weighted by molar-refractivity contribution is 5.96. The molecule has 2 aliphatic rings. The molecule has 1 atom stereocenters. The van der Waals surface area contributed by atoms with Crippen LogP contribution in [0.25, 0.3) is 10.9 Å². The zero-order chi connectivity index (χ0) is 27.4. The first kappa shape index (κ1) is 25.8. The number of rotatable bonds is 4. The first-order valence-corrected chi connectivity index (χ1v) is 11.4. The lowest BCUT2D eigenvalue weighted by atomic mass is 9.93. The monoisotopic (exact) mass is 542 g/mol. The Bertz CT molecular complexity index is 1420. The van der Waals surface area contributed by atoms with Gasteiger partial charge in [0.25, 0.3) is 5.91 Å². The van der Waals surface area contributed by atoms with Crippen molar-refractivity contribution in [2.75, 3.05) is 38.5 Å². The number of fused-ring (bicyclic) bond motifs is 1. The van der Waals surface area contributed by atoms with Crippen molar-refractivity contribution in [2.45, 2.75) is 24.7 Å². The summed E-state index contributed by atoms with van der Waals surface area (Å²) < 4.78 is 88.0. The van der Waals surface area contributed by atoms with Crippen LogP contribution in [-0.4, -0.2) is 81.4 Å². The number of benzene rings is 1. The van der Waals surface area contributed by atoms with Crippen LogP contribution >= 0.6 is 0 Å². The van der Waals surface area contributed by atoms with Crippen LogP contribution in [0.5, 0.6) is 0 Å². The van der Waals surface area contributed by atoms with Crippen LogP contribution in [0.3, 0.4) is 0 Å². The minimum atomic E-state index is -4.66. The predicted molar refractivity (Wildman–Crippen MR) is 119 cm³/mol. The molecule has 0 spiro atoms. The molecule has 1 aromatic carbocycles. The summed E-state index contributed by atoms with van der Waals surface area (Å²) in [5.41, 5.74) is 5.21. The lowest BCUT2D eigenvalue weighted by Crippen LogP contribution is -2.51. The van der Waals surface area contributed by atoms with Gasteiger partial charge in [-0.2, -0.15) is 18.3 Å². The van der Waals surface area contributed by atoms with E-state index < -0.39 is 66.4 Å². The van der Waals surface area contributed by atoms with Crippen LogP contribution in [0.4, 0.5) is 32.2 Å². The van der Waals surface area contributed by atoms with Crippen molar-refractivity contribution in [3.8, 4) is 0 Å². The zero-order valence-electron chi connectivity index (χ0n) is 19.5. The molecule has 2 aliphatic heterocycles. The number of pyridine rings is 1. The second-order valence-electron chi connectivity index (χ2n) is 9.03. The molecule has 2 aromatic heterocycles. The van der Waals surface area contributed by atoms with Gasteiger partial charge in [0.2, 0.25) is 5.91 Å². The number of anilines is 1. The van der Waals surface area contributed by atoms with Gasteiger partial charge in [0.15, 0.2) is 17.7 Å². The van der Waals surface area contributed by atoms with Gasteiger partial charge in [-0.1, -0.05) is 0 Å². The standard InChI is InChI=1S/C23H20F6N6O3/c24-12-5-14(25)18-15(6-12)35(10-17(36)33-3-4-38-16(9-33)23(27,28)29)32-20(18)11-7-34(8-11)22(37)13-1-2-31-21(30)19(13)26/h1-2,5-6,11,16H,3-4,7-10H2,(H2,30,31)/t16-/m1/s1. The van der Waals surface area contributed by atoms with E-state index in [9.17, 15) is 35.9 Å². The highest BCUT2D eigenvalue weighted by Crippen LogP contribution is 2.35. The molecular formula is C23H20F6N6O3. The summed E-state index contributed by atoms with van der Waals surface area (Å²) in [5.74, 6) is -5.22. The van der Waals surface area contributed by atoms with Crippen molar-refractivity contribution in [1.82, 2.24) is 24.6 Å². The average molecular weight is 542 g/mol. The summed E-state index contributed by atoms with van der Waals surface area (Å²) in [4.78, 5) is 31.3. The Kier molecular flexibility index (Phi) is 6.41. The number of halogens is 6. The van der Waals surface area contributed by atoms with E-state index in [0.717, 1.165) is 15.6 Å². The van der Waals surface area contributed by atoms with Crippen LogP contribution in [0.1, 0.15) is 22.0 Å². The largest absolute Gasteiger partial charge is 0.416 e. The number of nitrogens with two attached hydrogens (primary N) is 1. The van der Waals surface area contributed by atoms with Crippen LogP contribution in [0.2, 0.25) is 0 Å². The van der Waals surface area contributed by atoms with E-state index in [1.165, 1.54) is 17.2 Å². The molecule has 15 heteroatoms. The summed E-state index contributed by atoms with van der Waals surface area (Å²) in [6.45, 7) is -1.65. The number of likely N-dealkylation sites (tertiary alicyclic amines) is 1. The third kappa shape index (κ3) is 4.61. The molecule has 0 radical (unpaired) electrons. The third-order valence-electron chi connectivity index (χ3n) is 6.57. The minimum absolute atomic E-state index is 0.0219. The maximum Gasteiger partial charge on any atom is 0.416 e. The molecule has 0 saturated carbocycles. The second-order valence-corrected chi connectivity index (χ2v) is 9.03. The number of morpholine rings is 1. The number of carbonyl (C=O) groups is 2. The van der Waals surface area contributed by atoms with E-state index in [4.69, 9.17) is 10.5 Å². The normalized spacial score (nSPS) is 18.6. The van der Waals surface area contributed by atoms with Gasteiger partial charge in [-0.3, -0.25) is 14.3 Å². The van der Waals surface area contributed by atoms with Gasteiger partial charge in [-0.05, 0) is 6.07 Å². The van der Waals surface area contributed by atoms with Crippen molar-refractivity contribution in [2.24, 2.45) is 0 Å². The third-order valence-corrected chi connectivity index (χ3v) is 6.57. The quantitative estimate of drug-likeness (QED) is 0.508. The molecule has 2 amide bonds. The molecule has 38 heavy (non-hydrogen) atoms. The summed E-state index contributed by atoms with van der Waals surface area (Å²) in [6, 6.07) is 2.79. The summed E-state index contributed by atoms with van der Waals surface area (Å²) in [7, 11) is 0. The summed E-state index contributed by atoms with van der Waals surface area (Å²) in [6.07, 6.45) is -5.61. The lowest BCUT2D eigenvalue weighted by Gasteiger charge is -2.38.